The van der Waals surface area contributed by atoms with Gasteiger partial charge in [-0.15, -0.1) is 0 Å². The molecule has 0 aliphatic rings. The smallest absolute Gasteiger partial charge is 0.294 e. The van der Waals surface area contributed by atoms with E-state index in [-0.39, 0.29) is 11.8 Å². The summed E-state index contributed by atoms with van der Waals surface area (Å²) >= 11 is 4.29. The number of nitrogens with one attached hydrogen (secondary N) is 2. The van der Waals surface area contributed by atoms with Crippen LogP contribution in [0, 0.1) is 11.8 Å². The molecule has 1 amide bonds. The van der Waals surface area contributed by atoms with E-state index >= 15 is 0 Å². The SMILES string of the molecule is CCCOc1nc(CC)c(CNC(=O)[C@H](CS)CC(C)C)[nH]1. The van der Waals surface area contributed by atoms with Crippen LogP contribution in [0.3, 0.4) is 0 Å². The molecule has 0 fully saturated rings. The van der Waals surface area contributed by atoms with Crippen molar-refractivity contribution in [2.75, 3.05) is 12.4 Å². The van der Waals surface area contributed by atoms with Crippen LogP contribution >= 0.6 is 12.6 Å². The van der Waals surface area contributed by atoms with Gasteiger partial charge in [0.25, 0.3) is 6.01 Å². The quantitative estimate of drug-likeness (QED) is 0.579. The number of nitrogens with zero attached hydrogens (tertiary/aromatic N) is 1. The third kappa shape index (κ3) is 5.91. The third-order valence-corrected chi connectivity index (χ3v) is 3.85. The number of imidazole rings is 1. The van der Waals surface area contributed by atoms with Crippen molar-refractivity contribution in [3.63, 3.8) is 0 Å². The van der Waals surface area contributed by atoms with Gasteiger partial charge in [-0.3, -0.25) is 4.79 Å². The molecule has 1 heterocycles. The van der Waals surface area contributed by atoms with Gasteiger partial charge in [-0.25, -0.2) is 4.98 Å². The van der Waals surface area contributed by atoms with Crippen LogP contribution in [-0.4, -0.2) is 28.2 Å². The maximum Gasteiger partial charge on any atom is 0.294 e. The molecule has 6 heteroatoms. The Morgan fingerprint density at radius 1 is 1.41 bits per heavy atom. The zero-order chi connectivity index (χ0) is 16.5. The van der Waals surface area contributed by atoms with Gasteiger partial charge in [0, 0.05) is 11.7 Å². The van der Waals surface area contributed by atoms with Gasteiger partial charge >= 0.3 is 0 Å². The number of ether oxygens (including phenoxy) is 1. The van der Waals surface area contributed by atoms with Gasteiger partial charge in [0.05, 0.1) is 24.5 Å². The van der Waals surface area contributed by atoms with Crippen LogP contribution in [-0.2, 0) is 17.8 Å². The van der Waals surface area contributed by atoms with E-state index in [0.29, 0.717) is 30.8 Å². The minimum atomic E-state index is -0.0489. The Bertz CT molecular complexity index is 460. The Kier molecular flexibility index (Phi) is 8.38. The van der Waals surface area contributed by atoms with Crippen molar-refractivity contribution in [1.82, 2.24) is 15.3 Å². The average Bonchev–Trinajstić information content (AvgIpc) is 2.90. The molecule has 22 heavy (non-hydrogen) atoms. The van der Waals surface area contributed by atoms with Crippen LogP contribution in [0.2, 0.25) is 0 Å². The second kappa shape index (κ2) is 9.77. The molecule has 1 rings (SSSR count). The van der Waals surface area contributed by atoms with Crippen molar-refractivity contribution < 1.29 is 9.53 Å². The van der Waals surface area contributed by atoms with Gasteiger partial charge in [-0.05, 0) is 25.2 Å². The van der Waals surface area contributed by atoms with Gasteiger partial charge in [0.2, 0.25) is 5.91 Å². The summed E-state index contributed by atoms with van der Waals surface area (Å²) in [5, 5.41) is 2.98. The van der Waals surface area contributed by atoms with Crippen molar-refractivity contribution >= 4 is 18.5 Å². The Balaban J connectivity index is 2.62. The van der Waals surface area contributed by atoms with Crippen molar-refractivity contribution in [2.45, 2.75) is 53.5 Å². The Morgan fingerprint density at radius 2 is 2.14 bits per heavy atom. The maximum absolute atomic E-state index is 12.2. The summed E-state index contributed by atoms with van der Waals surface area (Å²) in [6, 6.07) is 0.538. The minimum Gasteiger partial charge on any atom is -0.465 e. The first-order chi connectivity index (χ1) is 10.5. The predicted molar refractivity (Wildman–Crippen MR) is 92.4 cm³/mol. The van der Waals surface area contributed by atoms with Crippen LogP contribution in [0.1, 0.15) is 51.9 Å². The molecule has 0 bridgehead atoms. The molecule has 0 aliphatic heterocycles. The van der Waals surface area contributed by atoms with Crippen molar-refractivity contribution in [3.8, 4) is 6.01 Å². The summed E-state index contributed by atoms with van der Waals surface area (Å²) < 4.78 is 5.51. The van der Waals surface area contributed by atoms with Crippen LogP contribution in [0.15, 0.2) is 0 Å². The molecule has 126 valence electrons. The van der Waals surface area contributed by atoms with E-state index in [1.807, 2.05) is 6.92 Å². The first-order valence-electron chi connectivity index (χ1n) is 8.10. The number of H-pyrrole nitrogens is 1. The van der Waals surface area contributed by atoms with Gasteiger partial charge in [-0.2, -0.15) is 12.6 Å². The number of rotatable bonds is 10. The van der Waals surface area contributed by atoms with Crippen LogP contribution in [0.5, 0.6) is 6.01 Å². The number of carbonyl (C=O) groups excluding carboxylic acids is 1. The number of carbonyl (C=O) groups is 1. The highest BCUT2D eigenvalue weighted by Gasteiger charge is 2.19. The standard InChI is InChI=1S/C16H29N3O2S/c1-5-7-21-16-18-13(6-2)14(19-16)9-17-15(20)12(10-22)8-11(3)4/h11-12,22H,5-10H2,1-4H3,(H,17,20)(H,18,19)/t12-/m0/s1. The molecule has 1 atom stereocenters. The number of hydrogen-bond acceptors (Lipinski definition) is 4. The summed E-state index contributed by atoms with van der Waals surface area (Å²) in [6.07, 6.45) is 2.59. The summed E-state index contributed by atoms with van der Waals surface area (Å²) in [5.74, 6) is 1.05. The van der Waals surface area contributed by atoms with Gasteiger partial charge in [0.15, 0.2) is 0 Å². The van der Waals surface area contributed by atoms with Gasteiger partial charge in [0.1, 0.15) is 0 Å². The number of amides is 1. The lowest BCUT2D eigenvalue weighted by atomic mass is 9.98. The van der Waals surface area contributed by atoms with E-state index < -0.39 is 0 Å². The van der Waals surface area contributed by atoms with E-state index in [1.54, 1.807) is 0 Å². The maximum atomic E-state index is 12.2. The molecule has 1 aromatic heterocycles. The number of aromatic nitrogens is 2. The number of hydrogen-bond donors (Lipinski definition) is 3. The molecule has 1 aromatic rings. The van der Waals surface area contributed by atoms with Crippen LogP contribution in [0.25, 0.3) is 0 Å². The van der Waals surface area contributed by atoms with Crippen LogP contribution < -0.4 is 10.1 Å². The monoisotopic (exact) mass is 327 g/mol. The lowest BCUT2D eigenvalue weighted by molar-refractivity contribution is -0.124. The first-order valence-corrected chi connectivity index (χ1v) is 8.74. The Hall–Kier alpha value is -1.17. The second-order valence-electron chi connectivity index (χ2n) is 5.90. The lowest BCUT2D eigenvalue weighted by Gasteiger charge is -2.16. The zero-order valence-corrected chi connectivity index (χ0v) is 15.0. The topological polar surface area (TPSA) is 67.0 Å². The summed E-state index contributed by atoms with van der Waals surface area (Å²) in [5.41, 5.74) is 1.86. The number of aromatic amines is 1. The van der Waals surface area contributed by atoms with Gasteiger partial charge in [-0.1, -0.05) is 27.7 Å². The highest BCUT2D eigenvalue weighted by Crippen LogP contribution is 2.15. The highest BCUT2D eigenvalue weighted by molar-refractivity contribution is 7.80. The molecule has 0 spiro atoms. The summed E-state index contributed by atoms with van der Waals surface area (Å²) in [4.78, 5) is 19.8. The Labute approximate surface area is 139 Å². The fraction of sp³-hybridized carbons (Fsp3) is 0.750. The molecule has 5 nitrogen and oxygen atoms in total. The molecule has 0 saturated heterocycles. The average molecular weight is 327 g/mol. The summed E-state index contributed by atoms with van der Waals surface area (Å²) in [6.45, 7) is 9.42. The van der Waals surface area contributed by atoms with Crippen molar-refractivity contribution in [1.29, 1.82) is 0 Å². The summed E-state index contributed by atoms with van der Waals surface area (Å²) in [7, 11) is 0. The molecular formula is C16H29N3O2S. The van der Waals surface area contributed by atoms with E-state index in [2.05, 4.69) is 48.7 Å². The highest BCUT2D eigenvalue weighted by atomic mass is 32.1. The van der Waals surface area contributed by atoms with Crippen LogP contribution in [0.4, 0.5) is 0 Å². The fourth-order valence-corrected chi connectivity index (χ4v) is 2.59. The Morgan fingerprint density at radius 3 is 2.68 bits per heavy atom. The lowest BCUT2D eigenvalue weighted by Crippen LogP contribution is -2.32. The molecule has 0 aliphatic carbocycles. The zero-order valence-electron chi connectivity index (χ0n) is 14.1. The van der Waals surface area contributed by atoms with E-state index in [0.717, 1.165) is 30.7 Å². The first kappa shape index (κ1) is 18.9. The number of thiol groups is 1. The van der Waals surface area contributed by atoms with E-state index in [4.69, 9.17) is 4.74 Å². The normalized spacial score (nSPS) is 12.5. The van der Waals surface area contributed by atoms with E-state index in [9.17, 15) is 4.79 Å². The van der Waals surface area contributed by atoms with Gasteiger partial charge < -0.3 is 15.0 Å². The molecule has 2 N–H and O–H groups in total. The molecule has 0 saturated carbocycles. The fourth-order valence-electron chi connectivity index (χ4n) is 2.28. The van der Waals surface area contributed by atoms with E-state index in [1.165, 1.54) is 0 Å². The van der Waals surface area contributed by atoms with Crippen molar-refractivity contribution in [3.05, 3.63) is 11.4 Å². The predicted octanol–water partition coefficient (Wildman–Crippen LogP) is 2.97. The van der Waals surface area contributed by atoms with Crippen molar-refractivity contribution in [2.24, 2.45) is 11.8 Å². The molecule has 0 unspecified atom stereocenters. The third-order valence-electron chi connectivity index (χ3n) is 3.41. The molecule has 0 radical (unpaired) electrons. The second-order valence-corrected chi connectivity index (χ2v) is 6.26. The number of aryl methyl sites for hydroxylation is 1. The largest absolute Gasteiger partial charge is 0.465 e. The molecular weight excluding hydrogens is 298 g/mol. The molecule has 0 aromatic carbocycles. The minimum absolute atomic E-state index is 0.0489.